The van der Waals surface area contributed by atoms with Gasteiger partial charge in [-0.25, -0.2) is 8.42 Å². The lowest BCUT2D eigenvalue weighted by atomic mass is 10.2. The molecule has 1 aliphatic rings. The number of amides is 1. The Morgan fingerprint density at radius 1 is 0.867 bits per heavy atom. The Labute approximate surface area is 174 Å². The van der Waals surface area contributed by atoms with Gasteiger partial charge in [-0.3, -0.25) is 9.52 Å². The molecule has 8 heteroatoms. The van der Waals surface area contributed by atoms with E-state index in [2.05, 4.69) is 10.0 Å². The van der Waals surface area contributed by atoms with Crippen molar-refractivity contribution in [2.75, 3.05) is 16.8 Å². The van der Waals surface area contributed by atoms with Crippen molar-refractivity contribution in [2.45, 2.75) is 18.7 Å². The molecule has 1 heterocycles. The average molecular weight is 424 g/mol. The maximum Gasteiger partial charge on any atom is 0.262 e. The Kier molecular flexibility index (Phi) is 5.09. The van der Waals surface area contributed by atoms with Crippen LogP contribution >= 0.6 is 0 Å². The number of anilines is 2. The normalized spacial score (nSPS) is 12.5. The van der Waals surface area contributed by atoms with Crippen LogP contribution in [0, 0.1) is 13.8 Å². The minimum atomic E-state index is -3.73. The Balaban J connectivity index is 1.47. The first kappa shape index (κ1) is 19.8. The summed E-state index contributed by atoms with van der Waals surface area (Å²) < 4.78 is 38.5. The van der Waals surface area contributed by atoms with Gasteiger partial charge >= 0.3 is 0 Å². The average Bonchev–Trinajstić information content (AvgIpc) is 3.18. The number of carbonyl (C=O) groups excluding carboxylic acids is 1. The number of rotatable bonds is 5. The third-order valence-electron chi connectivity index (χ3n) is 4.66. The number of nitrogens with one attached hydrogen (secondary N) is 2. The molecule has 0 bridgehead atoms. The molecular formula is C22H20N2O5S. The third-order valence-corrected chi connectivity index (χ3v) is 6.19. The summed E-state index contributed by atoms with van der Waals surface area (Å²) in [5.74, 6) is 0.885. The van der Waals surface area contributed by atoms with Gasteiger partial charge in [-0.2, -0.15) is 0 Å². The molecule has 0 spiro atoms. The van der Waals surface area contributed by atoms with E-state index in [4.69, 9.17) is 9.47 Å². The predicted molar refractivity (Wildman–Crippen MR) is 114 cm³/mol. The molecule has 0 fully saturated rings. The van der Waals surface area contributed by atoms with E-state index < -0.39 is 10.0 Å². The SMILES string of the molecule is Cc1ccc(C)c(S(=O)(=O)Nc2ccc(C(=O)Nc3ccc4c(c3)OCO4)cc2)c1. The molecule has 1 amide bonds. The molecule has 30 heavy (non-hydrogen) atoms. The molecule has 2 N–H and O–H groups in total. The molecule has 1 aliphatic heterocycles. The molecule has 4 rings (SSSR count). The van der Waals surface area contributed by atoms with Gasteiger partial charge in [0.25, 0.3) is 15.9 Å². The Morgan fingerprint density at radius 3 is 2.33 bits per heavy atom. The molecule has 0 unspecified atom stereocenters. The van der Waals surface area contributed by atoms with Crippen molar-refractivity contribution >= 4 is 27.3 Å². The summed E-state index contributed by atoms with van der Waals surface area (Å²) in [5, 5.41) is 2.78. The van der Waals surface area contributed by atoms with Gasteiger partial charge in [0.15, 0.2) is 11.5 Å². The number of hydrogen-bond donors (Lipinski definition) is 2. The third kappa shape index (κ3) is 4.08. The van der Waals surface area contributed by atoms with Crippen LogP contribution in [0.4, 0.5) is 11.4 Å². The second-order valence-electron chi connectivity index (χ2n) is 6.97. The lowest BCUT2D eigenvalue weighted by Crippen LogP contribution is -2.15. The Bertz CT molecular complexity index is 1220. The molecule has 3 aromatic rings. The minimum Gasteiger partial charge on any atom is -0.454 e. The minimum absolute atomic E-state index is 0.159. The summed E-state index contributed by atoms with van der Waals surface area (Å²) in [6.07, 6.45) is 0. The zero-order valence-corrected chi connectivity index (χ0v) is 17.2. The van der Waals surface area contributed by atoms with Crippen molar-refractivity contribution in [3.8, 4) is 11.5 Å². The summed E-state index contributed by atoms with van der Waals surface area (Å²) in [7, 11) is -3.73. The Hall–Kier alpha value is -3.52. The molecule has 0 saturated heterocycles. The summed E-state index contributed by atoms with van der Waals surface area (Å²) in [4.78, 5) is 12.7. The van der Waals surface area contributed by atoms with E-state index >= 15 is 0 Å². The highest BCUT2D eigenvalue weighted by atomic mass is 32.2. The second kappa shape index (κ2) is 7.72. The molecule has 3 aromatic carbocycles. The second-order valence-corrected chi connectivity index (χ2v) is 8.62. The standard InChI is InChI=1S/C22H20N2O5S/c1-14-3-4-15(2)21(11-14)30(26,27)24-17-7-5-16(6-8-17)22(25)23-18-9-10-19-20(12-18)29-13-28-19/h3-12,24H,13H2,1-2H3,(H,23,25). The molecule has 7 nitrogen and oxygen atoms in total. The number of benzene rings is 3. The van der Waals surface area contributed by atoms with Crippen molar-refractivity contribution in [1.82, 2.24) is 0 Å². The van der Waals surface area contributed by atoms with Gasteiger partial charge in [-0.1, -0.05) is 12.1 Å². The quantitative estimate of drug-likeness (QED) is 0.644. The molecule has 0 radical (unpaired) electrons. The van der Waals surface area contributed by atoms with Gasteiger partial charge < -0.3 is 14.8 Å². The van der Waals surface area contributed by atoms with Gasteiger partial charge in [-0.15, -0.1) is 0 Å². The molecule has 0 aromatic heterocycles. The van der Waals surface area contributed by atoms with Gasteiger partial charge in [-0.05, 0) is 67.4 Å². The monoisotopic (exact) mass is 424 g/mol. The van der Waals surface area contributed by atoms with Crippen LogP contribution in [0.25, 0.3) is 0 Å². The number of hydrogen-bond acceptors (Lipinski definition) is 5. The van der Waals surface area contributed by atoms with Crippen LogP contribution in [0.2, 0.25) is 0 Å². The van der Waals surface area contributed by atoms with E-state index in [1.807, 2.05) is 13.0 Å². The number of carbonyl (C=O) groups is 1. The predicted octanol–water partition coefficient (Wildman–Crippen LogP) is 4.09. The lowest BCUT2D eigenvalue weighted by molar-refractivity contribution is 0.102. The van der Waals surface area contributed by atoms with E-state index in [0.29, 0.717) is 34.0 Å². The fraction of sp³-hybridized carbons (Fsp3) is 0.136. The lowest BCUT2D eigenvalue weighted by Gasteiger charge is -2.12. The summed E-state index contributed by atoms with van der Waals surface area (Å²) in [6.45, 7) is 3.75. The number of aryl methyl sites for hydroxylation is 2. The van der Waals surface area contributed by atoms with Crippen LogP contribution in [-0.2, 0) is 10.0 Å². The summed E-state index contributed by atoms with van der Waals surface area (Å²) in [6, 6.07) is 16.6. The van der Waals surface area contributed by atoms with Crippen molar-refractivity contribution < 1.29 is 22.7 Å². The maximum absolute atomic E-state index is 12.7. The van der Waals surface area contributed by atoms with E-state index in [0.717, 1.165) is 5.56 Å². The molecule has 0 saturated carbocycles. The highest BCUT2D eigenvalue weighted by Gasteiger charge is 2.18. The summed E-state index contributed by atoms with van der Waals surface area (Å²) >= 11 is 0. The van der Waals surface area contributed by atoms with E-state index in [-0.39, 0.29) is 17.6 Å². The zero-order chi connectivity index (χ0) is 21.3. The van der Waals surface area contributed by atoms with Crippen LogP contribution in [0.5, 0.6) is 11.5 Å². The summed E-state index contributed by atoms with van der Waals surface area (Å²) in [5.41, 5.74) is 2.85. The van der Waals surface area contributed by atoms with Crippen molar-refractivity contribution in [3.63, 3.8) is 0 Å². The molecule has 0 atom stereocenters. The molecule has 154 valence electrons. The van der Waals surface area contributed by atoms with Crippen LogP contribution in [0.1, 0.15) is 21.5 Å². The topological polar surface area (TPSA) is 93.7 Å². The van der Waals surface area contributed by atoms with Crippen LogP contribution < -0.4 is 19.5 Å². The van der Waals surface area contributed by atoms with Crippen molar-refractivity contribution in [1.29, 1.82) is 0 Å². The first-order chi connectivity index (χ1) is 14.3. The van der Waals surface area contributed by atoms with E-state index in [9.17, 15) is 13.2 Å². The first-order valence-electron chi connectivity index (χ1n) is 9.23. The fourth-order valence-electron chi connectivity index (χ4n) is 3.07. The van der Waals surface area contributed by atoms with Gasteiger partial charge in [0.05, 0.1) is 4.90 Å². The van der Waals surface area contributed by atoms with Gasteiger partial charge in [0, 0.05) is 23.0 Å². The van der Waals surface area contributed by atoms with E-state index in [1.165, 1.54) is 0 Å². The highest BCUT2D eigenvalue weighted by molar-refractivity contribution is 7.92. The van der Waals surface area contributed by atoms with Crippen LogP contribution in [0.3, 0.4) is 0 Å². The Morgan fingerprint density at radius 2 is 1.57 bits per heavy atom. The van der Waals surface area contributed by atoms with Gasteiger partial charge in [0.2, 0.25) is 6.79 Å². The highest BCUT2D eigenvalue weighted by Crippen LogP contribution is 2.34. The van der Waals surface area contributed by atoms with Gasteiger partial charge in [0.1, 0.15) is 0 Å². The van der Waals surface area contributed by atoms with Crippen LogP contribution in [0.15, 0.2) is 65.6 Å². The molecule has 0 aliphatic carbocycles. The number of sulfonamides is 1. The van der Waals surface area contributed by atoms with Crippen LogP contribution in [-0.4, -0.2) is 21.1 Å². The molecular weight excluding hydrogens is 404 g/mol. The van der Waals surface area contributed by atoms with Crippen molar-refractivity contribution in [3.05, 3.63) is 77.4 Å². The first-order valence-corrected chi connectivity index (χ1v) is 10.7. The van der Waals surface area contributed by atoms with Crippen molar-refractivity contribution in [2.24, 2.45) is 0 Å². The number of ether oxygens (including phenoxy) is 2. The van der Waals surface area contributed by atoms with E-state index in [1.54, 1.807) is 61.5 Å². The number of fused-ring (bicyclic) bond motifs is 1. The maximum atomic E-state index is 12.7. The smallest absolute Gasteiger partial charge is 0.262 e. The zero-order valence-electron chi connectivity index (χ0n) is 16.4. The fourth-order valence-corrected chi connectivity index (χ4v) is 4.46. The largest absolute Gasteiger partial charge is 0.454 e.